The number of rotatable bonds is 5. The first-order chi connectivity index (χ1) is 9.74. The smallest absolute Gasteiger partial charge is 0.284 e. The molecule has 1 fully saturated rings. The van der Waals surface area contributed by atoms with E-state index in [0.717, 1.165) is 43.5 Å². The molecule has 0 spiro atoms. The summed E-state index contributed by atoms with van der Waals surface area (Å²) in [6.07, 6.45) is 6.00. The van der Waals surface area contributed by atoms with Crippen LogP contribution in [0.1, 0.15) is 55.8 Å². The van der Waals surface area contributed by atoms with Crippen molar-refractivity contribution in [1.29, 1.82) is 0 Å². The Kier molecular flexibility index (Phi) is 5.76. The van der Waals surface area contributed by atoms with E-state index in [-0.39, 0.29) is 5.91 Å². The van der Waals surface area contributed by atoms with E-state index in [1.165, 1.54) is 30.6 Å². The van der Waals surface area contributed by atoms with Crippen LogP contribution in [0.3, 0.4) is 0 Å². The molecule has 2 rings (SSSR count). The highest BCUT2D eigenvalue weighted by Gasteiger charge is 2.23. The summed E-state index contributed by atoms with van der Waals surface area (Å²) in [6, 6.07) is 0. The van der Waals surface area contributed by atoms with Crippen LogP contribution in [0.15, 0.2) is 0 Å². The largest absolute Gasteiger partial charge is 0.360 e. The Hall–Kier alpha value is -1.17. The van der Waals surface area contributed by atoms with Gasteiger partial charge in [0.2, 0.25) is 10.1 Å². The zero-order valence-electron chi connectivity index (χ0n) is 12.4. The molecule has 1 atom stereocenters. The Balaban J connectivity index is 1.94. The van der Waals surface area contributed by atoms with Crippen LogP contribution in [-0.4, -0.2) is 40.6 Å². The molecular weight excluding hydrogens is 272 g/mol. The molecule has 6 heteroatoms. The lowest BCUT2D eigenvalue weighted by atomic mass is 9.96. The van der Waals surface area contributed by atoms with Crippen LogP contribution in [0, 0.1) is 5.92 Å². The van der Waals surface area contributed by atoms with E-state index >= 15 is 0 Å². The van der Waals surface area contributed by atoms with E-state index in [2.05, 4.69) is 22.4 Å². The molecule has 20 heavy (non-hydrogen) atoms. The van der Waals surface area contributed by atoms with Crippen LogP contribution < -0.4 is 5.32 Å². The van der Waals surface area contributed by atoms with Crippen molar-refractivity contribution in [2.24, 2.45) is 5.92 Å². The first kappa shape index (κ1) is 15.2. The number of hydrogen-bond acceptors (Lipinski definition) is 5. The molecule has 1 aromatic rings. The second-order valence-corrected chi connectivity index (χ2v) is 6.30. The normalized spacial score (nSPS) is 19.7. The predicted octanol–water partition coefficient (Wildman–Crippen LogP) is 3.01. The number of likely N-dealkylation sites (tertiary alicyclic amines) is 1. The molecule has 1 saturated heterocycles. The average molecular weight is 296 g/mol. The summed E-state index contributed by atoms with van der Waals surface area (Å²) in [5, 5.41) is 12.3. The van der Waals surface area contributed by atoms with Gasteiger partial charge in [0, 0.05) is 19.6 Å². The summed E-state index contributed by atoms with van der Waals surface area (Å²) >= 11 is 1.35. The quantitative estimate of drug-likeness (QED) is 0.907. The van der Waals surface area contributed by atoms with Gasteiger partial charge in [0.1, 0.15) is 0 Å². The molecule has 0 bridgehead atoms. The van der Waals surface area contributed by atoms with Crippen LogP contribution in [0.25, 0.3) is 0 Å². The monoisotopic (exact) mass is 296 g/mol. The summed E-state index contributed by atoms with van der Waals surface area (Å²) in [7, 11) is 0. The van der Waals surface area contributed by atoms with E-state index in [1.54, 1.807) is 0 Å². The number of carbonyl (C=O) groups is 1. The third-order valence-corrected chi connectivity index (χ3v) is 4.64. The van der Waals surface area contributed by atoms with Gasteiger partial charge in [0.05, 0.1) is 0 Å². The van der Waals surface area contributed by atoms with Gasteiger partial charge in [-0.3, -0.25) is 4.79 Å². The highest BCUT2D eigenvalue weighted by atomic mass is 32.1. The molecule has 1 aromatic heterocycles. The topological polar surface area (TPSA) is 58.1 Å². The molecule has 0 radical (unpaired) electrons. The number of nitrogens with one attached hydrogen (secondary N) is 1. The van der Waals surface area contributed by atoms with E-state index in [0.29, 0.717) is 5.01 Å². The Labute approximate surface area is 124 Å². The third kappa shape index (κ3) is 3.91. The fraction of sp³-hybridized carbons (Fsp3) is 0.786. The Morgan fingerprint density at radius 3 is 2.95 bits per heavy atom. The molecule has 1 amide bonds. The second kappa shape index (κ2) is 7.57. The average Bonchev–Trinajstić information content (AvgIpc) is 2.78. The Morgan fingerprint density at radius 2 is 2.20 bits per heavy atom. The van der Waals surface area contributed by atoms with Crippen LogP contribution >= 0.6 is 11.3 Å². The number of nitrogens with zero attached hydrogens (tertiary/aromatic N) is 3. The van der Waals surface area contributed by atoms with Crippen molar-refractivity contribution in [2.75, 3.05) is 25.0 Å². The number of carbonyl (C=O) groups excluding carboxylic acids is 1. The van der Waals surface area contributed by atoms with Gasteiger partial charge < -0.3 is 10.2 Å². The summed E-state index contributed by atoms with van der Waals surface area (Å²) in [6.45, 7) is 6.75. The molecule has 112 valence electrons. The van der Waals surface area contributed by atoms with Crippen molar-refractivity contribution < 1.29 is 4.79 Å². The minimum Gasteiger partial charge on any atom is -0.360 e. The molecule has 1 aliphatic rings. The first-order valence-corrected chi connectivity index (χ1v) is 8.42. The van der Waals surface area contributed by atoms with Crippen LogP contribution in [0.4, 0.5) is 5.13 Å². The molecule has 0 saturated carbocycles. The van der Waals surface area contributed by atoms with Crippen molar-refractivity contribution in [2.45, 2.75) is 46.0 Å². The number of amides is 1. The number of aromatic nitrogens is 2. The van der Waals surface area contributed by atoms with E-state index in [9.17, 15) is 4.79 Å². The minimum absolute atomic E-state index is 0.0452. The maximum absolute atomic E-state index is 12.4. The van der Waals surface area contributed by atoms with Crippen molar-refractivity contribution >= 4 is 22.4 Å². The maximum atomic E-state index is 12.4. The summed E-state index contributed by atoms with van der Waals surface area (Å²) in [5.41, 5.74) is 0. The lowest BCUT2D eigenvalue weighted by Crippen LogP contribution is -2.32. The van der Waals surface area contributed by atoms with E-state index in [4.69, 9.17) is 0 Å². The van der Waals surface area contributed by atoms with Crippen molar-refractivity contribution in [1.82, 2.24) is 15.1 Å². The van der Waals surface area contributed by atoms with Crippen LogP contribution in [0.5, 0.6) is 0 Å². The second-order valence-electron chi connectivity index (χ2n) is 5.32. The van der Waals surface area contributed by atoms with Crippen LogP contribution in [-0.2, 0) is 0 Å². The zero-order chi connectivity index (χ0) is 14.4. The van der Waals surface area contributed by atoms with Crippen LogP contribution in [0.2, 0.25) is 0 Å². The highest BCUT2D eigenvalue weighted by Crippen LogP contribution is 2.24. The molecular formula is C14H24N4OS. The fourth-order valence-electron chi connectivity index (χ4n) is 2.73. The van der Waals surface area contributed by atoms with Crippen molar-refractivity contribution in [3.05, 3.63) is 5.01 Å². The molecule has 1 aliphatic heterocycles. The number of anilines is 1. The molecule has 2 heterocycles. The lowest BCUT2D eigenvalue weighted by Gasteiger charge is -2.18. The molecule has 0 aromatic carbocycles. The van der Waals surface area contributed by atoms with Gasteiger partial charge in [-0.05, 0) is 32.1 Å². The molecule has 1 unspecified atom stereocenters. The molecule has 0 aliphatic carbocycles. The predicted molar refractivity (Wildman–Crippen MR) is 82.2 cm³/mol. The van der Waals surface area contributed by atoms with Gasteiger partial charge in [0.15, 0.2) is 0 Å². The maximum Gasteiger partial charge on any atom is 0.284 e. The Bertz CT molecular complexity index is 435. The van der Waals surface area contributed by atoms with Gasteiger partial charge in [-0.15, -0.1) is 10.2 Å². The summed E-state index contributed by atoms with van der Waals surface area (Å²) in [4.78, 5) is 14.4. The Morgan fingerprint density at radius 1 is 1.35 bits per heavy atom. The standard InChI is InChI=1S/C14H24N4OS/c1-3-6-11-7-5-9-18(10-8-11)13(19)12-16-17-14(20-12)15-4-2/h11H,3-10H2,1-2H3,(H,15,17). The molecule has 5 nitrogen and oxygen atoms in total. The van der Waals surface area contributed by atoms with Gasteiger partial charge in [0.25, 0.3) is 5.91 Å². The van der Waals surface area contributed by atoms with Crippen molar-refractivity contribution in [3.8, 4) is 0 Å². The van der Waals surface area contributed by atoms with Gasteiger partial charge in [-0.25, -0.2) is 0 Å². The minimum atomic E-state index is 0.0452. The van der Waals surface area contributed by atoms with E-state index in [1.807, 2.05) is 11.8 Å². The third-order valence-electron chi connectivity index (χ3n) is 3.77. The van der Waals surface area contributed by atoms with Gasteiger partial charge in [-0.1, -0.05) is 31.1 Å². The summed E-state index contributed by atoms with van der Waals surface area (Å²) in [5.74, 6) is 0.827. The van der Waals surface area contributed by atoms with Crippen molar-refractivity contribution in [3.63, 3.8) is 0 Å². The first-order valence-electron chi connectivity index (χ1n) is 7.61. The lowest BCUT2D eigenvalue weighted by molar-refractivity contribution is 0.0758. The molecule has 1 N–H and O–H groups in total. The summed E-state index contributed by atoms with van der Waals surface area (Å²) < 4.78 is 0. The highest BCUT2D eigenvalue weighted by molar-refractivity contribution is 7.17. The van der Waals surface area contributed by atoms with Gasteiger partial charge in [-0.2, -0.15) is 0 Å². The SMILES string of the molecule is CCCC1CCCN(C(=O)c2nnc(NCC)s2)CC1. The fourth-order valence-corrected chi connectivity index (χ4v) is 3.51. The number of hydrogen-bond donors (Lipinski definition) is 1. The zero-order valence-corrected chi connectivity index (χ0v) is 13.2. The van der Waals surface area contributed by atoms with E-state index < -0.39 is 0 Å². The van der Waals surface area contributed by atoms with Gasteiger partial charge >= 0.3 is 0 Å².